The van der Waals surface area contributed by atoms with Crippen molar-refractivity contribution >= 4 is 39.6 Å². The Morgan fingerprint density at radius 3 is 2.80 bits per heavy atom. The average Bonchev–Trinajstić information content (AvgIpc) is 2.46. The van der Waals surface area contributed by atoms with Crippen molar-refractivity contribution in [1.82, 2.24) is 4.98 Å². The van der Waals surface area contributed by atoms with Crippen LogP contribution in [0.4, 0.5) is 21.5 Å². The molecular weight excluding hydrogens is 277 g/mol. The second-order valence-corrected chi connectivity index (χ2v) is 4.76. The number of pyridine rings is 1. The first-order chi connectivity index (χ1) is 9.65. The Kier molecular flexibility index (Phi) is 3.16. The lowest BCUT2D eigenvalue weighted by Gasteiger charge is -2.12. The van der Waals surface area contributed by atoms with Gasteiger partial charge in [-0.15, -0.1) is 0 Å². The maximum absolute atomic E-state index is 13.3. The topological polar surface area (TPSA) is 50.9 Å². The smallest absolute Gasteiger partial charge is 0.125 e. The standard InChI is InChI=1S/C15H11ClFN3/c16-11-4-3-9(17)8-14(11)20-13-6-5-12(18)15-10(13)2-1-7-19-15/h1-8,20H,18H2. The molecule has 0 unspecified atom stereocenters. The predicted octanol–water partition coefficient (Wildman–Crippen LogP) is 4.35. The average molecular weight is 288 g/mol. The fourth-order valence-electron chi connectivity index (χ4n) is 2.04. The molecule has 0 fully saturated rings. The van der Waals surface area contributed by atoms with Crippen LogP contribution in [0.5, 0.6) is 0 Å². The molecule has 3 nitrogen and oxygen atoms in total. The molecule has 0 saturated heterocycles. The van der Waals surface area contributed by atoms with E-state index in [1.807, 2.05) is 18.2 Å². The molecule has 5 heteroatoms. The molecule has 100 valence electrons. The van der Waals surface area contributed by atoms with Gasteiger partial charge in [-0.05, 0) is 42.5 Å². The summed E-state index contributed by atoms with van der Waals surface area (Å²) in [5.74, 6) is -0.352. The van der Waals surface area contributed by atoms with Gasteiger partial charge < -0.3 is 11.1 Å². The number of nitrogen functional groups attached to an aromatic ring is 1. The Balaban J connectivity index is 2.11. The Labute approximate surface area is 120 Å². The lowest BCUT2D eigenvalue weighted by Crippen LogP contribution is -1.96. The molecule has 0 saturated carbocycles. The van der Waals surface area contributed by atoms with E-state index in [2.05, 4.69) is 10.3 Å². The van der Waals surface area contributed by atoms with Crippen LogP contribution >= 0.6 is 11.6 Å². The number of fused-ring (bicyclic) bond motifs is 1. The Hall–Kier alpha value is -2.33. The van der Waals surface area contributed by atoms with E-state index in [9.17, 15) is 4.39 Å². The Bertz CT molecular complexity index is 789. The highest BCUT2D eigenvalue weighted by Gasteiger charge is 2.07. The predicted molar refractivity (Wildman–Crippen MR) is 80.8 cm³/mol. The van der Waals surface area contributed by atoms with E-state index in [1.165, 1.54) is 18.2 Å². The van der Waals surface area contributed by atoms with Gasteiger partial charge >= 0.3 is 0 Å². The molecule has 0 atom stereocenters. The number of nitrogens with zero attached hydrogens (tertiary/aromatic N) is 1. The molecule has 2 aromatic carbocycles. The van der Waals surface area contributed by atoms with Gasteiger partial charge in [-0.25, -0.2) is 4.39 Å². The minimum absolute atomic E-state index is 0.352. The molecular formula is C15H11ClFN3. The normalized spacial score (nSPS) is 10.7. The molecule has 1 heterocycles. The third-order valence-corrected chi connectivity index (χ3v) is 3.33. The third-order valence-electron chi connectivity index (χ3n) is 3.00. The molecule has 3 N–H and O–H groups in total. The summed E-state index contributed by atoms with van der Waals surface area (Å²) in [5, 5.41) is 4.41. The first kappa shape index (κ1) is 12.7. The number of hydrogen-bond acceptors (Lipinski definition) is 3. The molecule has 3 rings (SSSR count). The fraction of sp³-hybridized carbons (Fsp3) is 0. The number of nitrogens with one attached hydrogen (secondary N) is 1. The summed E-state index contributed by atoms with van der Waals surface area (Å²) in [6.45, 7) is 0. The number of benzene rings is 2. The van der Waals surface area contributed by atoms with Crippen molar-refractivity contribution in [2.24, 2.45) is 0 Å². The van der Waals surface area contributed by atoms with Crippen molar-refractivity contribution < 1.29 is 4.39 Å². The van der Waals surface area contributed by atoms with Crippen LogP contribution in [0.1, 0.15) is 0 Å². The molecule has 0 aliphatic carbocycles. The number of anilines is 3. The lowest BCUT2D eigenvalue weighted by atomic mass is 10.1. The van der Waals surface area contributed by atoms with Crippen molar-refractivity contribution in [3.05, 3.63) is 59.5 Å². The summed E-state index contributed by atoms with van der Waals surface area (Å²) >= 11 is 6.06. The highest BCUT2D eigenvalue weighted by Crippen LogP contribution is 2.31. The molecule has 0 aliphatic rings. The minimum Gasteiger partial charge on any atom is -0.397 e. The van der Waals surface area contributed by atoms with Crippen LogP contribution in [-0.2, 0) is 0 Å². The van der Waals surface area contributed by atoms with Gasteiger partial charge in [0, 0.05) is 17.3 Å². The van der Waals surface area contributed by atoms with Crippen LogP contribution in [0.15, 0.2) is 48.7 Å². The van der Waals surface area contributed by atoms with Crippen molar-refractivity contribution in [2.75, 3.05) is 11.1 Å². The molecule has 20 heavy (non-hydrogen) atoms. The molecule has 0 radical (unpaired) electrons. The van der Waals surface area contributed by atoms with E-state index in [0.717, 1.165) is 11.1 Å². The van der Waals surface area contributed by atoms with Crippen molar-refractivity contribution in [3.8, 4) is 0 Å². The summed E-state index contributed by atoms with van der Waals surface area (Å²) in [4.78, 5) is 4.25. The first-order valence-electron chi connectivity index (χ1n) is 6.00. The van der Waals surface area contributed by atoms with Crippen molar-refractivity contribution in [1.29, 1.82) is 0 Å². The quantitative estimate of drug-likeness (QED) is 0.689. The van der Waals surface area contributed by atoms with E-state index < -0.39 is 0 Å². The van der Waals surface area contributed by atoms with Crippen molar-refractivity contribution in [3.63, 3.8) is 0 Å². The number of aromatic nitrogens is 1. The van der Waals surface area contributed by atoms with Crippen LogP contribution in [-0.4, -0.2) is 4.98 Å². The second kappa shape index (κ2) is 4.98. The maximum Gasteiger partial charge on any atom is 0.125 e. The van der Waals surface area contributed by atoms with E-state index in [0.29, 0.717) is 21.9 Å². The fourth-order valence-corrected chi connectivity index (χ4v) is 2.21. The zero-order valence-electron chi connectivity index (χ0n) is 10.4. The third kappa shape index (κ3) is 2.26. The van der Waals surface area contributed by atoms with Crippen LogP contribution < -0.4 is 11.1 Å². The lowest BCUT2D eigenvalue weighted by molar-refractivity contribution is 0.628. The SMILES string of the molecule is Nc1ccc(Nc2cc(F)ccc2Cl)c2cccnc12. The summed E-state index contributed by atoms with van der Waals surface area (Å²) in [7, 11) is 0. The highest BCUT2D eigenvalue weighted by molar-refractivity contribution is 6.33. The maximum atomic E-state index is 13.3. The van der Waals surface area contributed by atoms with Crippen LogP contribution in [0.2, 0.25) is 5.02 Å². The van der Waals surface area contributed by atoms with E-state index >= 15 is 0 Å². The minimum atomic E-state index is -0.352. The molecule has 0 amide bonds. The summed E-state index contributed by atoms with van der Waals surface area (Å²) in [6, 6.07) is 11.5. The van der Waals surface area contributed by atoms with Gasteiger partial charge in [0.05, 0.1) is 21.9 Å². The number of rotatable bonds is 2. The van der Waals surface area contributed by atoms with Crippen molar-refractivity contribution in [2.45, 2.75) is 0 Å². The van der Waals surface area contributed by atoms with Gasteiger partial charge in [0.2, 0.25) is 0 Å². The van der Waals surface area contributed by atoms with Gasteiger partial charge in [0.25, 0.3) is 0 Å². The molecule has 3 aromatic rings. The van der Waals surface area contributed by atoms with Crippen LogP contribution in [0.25, 0.3) is 10.9 Å². The van der Waals surface area contributed by atoms with Crippen LogP contribution in [0, 0.1) is 5.82 Å². The largest absolute Gasteiger partial charge is 0.397 e. The van der Waals surface area contributed by atoms with Gasteiger partial charge in [0.15, 0.2) is 0 Å². The zero-order valence-corrected chi connectivity index (χ0v) is 11.2. The summed E-state index contributed by atoms with van der Waals surface area (Å²) < 4.78 is 13.3. The van der Waals surface area contributed by atoms with Gasteiger partial charge in [0.1, 0.15) is 5.82 Å². The first-order valence-corrected chi connectivity index (χ1v) is 6.38. The number of hydrogen-bond donors (Lipinski definition) is 2. The van der Waals surface area contributed by atoms with E-state index in [1.54, 1.807) is 12.3 Å². The number of nitrogens with two attached hydrogens (primary N) is 1. The highest BCUT2D eigenvalue weighted by atomic mass is 35.5. The molecule has 0 bridgehead atoms. The van der Waals surface area contributed by atoms with Gasteiger partial charge in [-0.1, -0.05) is 11.6 Å². The zero-order chi connectivity index (χ0) is 14.1. The van der Waals surface area contributed by atoms with Gasteiger partial charge in [-0.2, -0.15) is 0 Å². The Morgan fingerprint density at radius 2 is 1.95 bits per heavy atom. The summed E-state index contributed by atoms with van der Waals surface area (Å²) in [6.07, 6.45) is 1.68. The molecule has 1 aromatic heterocycles. The monoisotopic (exact) mass is 287 g/mol. The van der Waals surface area contributed by atoms with Crippen LogP contribution in [0.3, 0.4) is 0 Å². The molecule has 0 aliphatic heterocycles. The Morgan fingerprint density at radius 1 is 1.10 bits per heavy atom. The molecule has 0 spiro atoms. The number of halogens is 2. The second-order valence-electron chi connectivity index (χ2n) is 4.35. The summed E-state index contributed by atoms with van der Waals surface area (Å²) in [5.41, 5.74) is 8.46. The van der Waals surface area contributed by atoms with E-state index in [-0.39, 0.29) is 5.82 Å². The van der Waals surface area contributed by atoms with Gasteiger partial charge in [-0.3, -0.25) is 4.98 Å². The van der Waals surface area contributed by atoms with E-state index in [4.69, 9.17) is 17.3 Å².